The smallest absolute Gasteiger partial charge is 0.154 e. The van der Waals surface area contributed by atoms with Crippen LogP contribution in [0.4, 0.5) is 0 Å². The lowest BCUT2D eigenvalue weighted by atomic mass is 10.2. The van der Waals surface area contributed by atoms with Gasteiger partial charge in [-0.05, 0) is 25.5 Å². The fraction of sp³-hybridized carbons (Fsp3) is 0.571. The van der Waals surface area contributed by atoms with Gasteiger partial charge in [0.25, 0.3) is 0 Å². The standard InChI is InChI=1S/C14H23NO3S/c1-13-5-3-6-14(11-13)12-19(16,17)10-4-7-15-8-9-18-2/h3,5-6,11,15H,4,7-10,12H2,1-2H3. The molecule has 0 aliphatic rings. The van der Waals surface area contributed by atoms with Crippen LogP contribution >= 0.6 is 0 Å². The Morgan fingerprint density at radius 3 is 2.74 bits per heavy atom. The molecule has 0 heterocycles. The van der Waals surface area contributed by atoms with Gasteiger partial charge in [-0.2, -0.15) is 0 Å². The quantitative estimate of drug-likeness (QED) is 0.699. The van der Waals surface area contributed by atoms with Crippen LogP contribution in [0.3, 0.4) is 0 Å². The molecule has 0 bridgehead atoms. The second-order valence-electron chi connectivity index (χ2n) is 4.68. The maximum atomic E-state index is 11.9. The van der Waals surface area contributed by atoms with E-state index in [0.717, 1.165) is 17.7 Å². The van der Waals surface area contributed by atoms with Crippen LogP contribution in [-0.2, 0) is 20.3 Å². The van der Waals surface area contributed by atoms with Crippen LogP contribution < -0.4 is 5.32 Å². The molecule has 0 spiro atoms. The fourth-order valence-electron chi connectivity index (χ4n) is 1.84. The molecule has 5 heteroatoms. The van der Waals surface area contributed by atoms with E-state index in [9.17, 15) is 8.42 Å². The molecular weight excluding hydrogens is 262 g/mol. The molecule has 1 aromatic carbocycles. The van der Waals surface area contributed by atoms with Crippen LogP contribution in [-0.4, -0.2) is 41.0 Å². The zero-order chi connectivity index (χ0) is 14.1. The van der Waals surface area contributed by atoms with Crippen LogP contribution in [0.15, 0.2) is 24.3 Å². The predicted octanol–water partition coefficient (Wildman–Crippen LogP) is 1.54. The Hall–Kier alpha value is -0.910. The van der Waals surface area contributed by atoms with Crippen LogP contribution in [0.25, 0.3) is 0 Å². The summed E-state index contributed by atoms with van der Waals surface area (Å²) >= 11 is 0. The van der Waals surface area contributed by atoms with Crippen LogP contribution in [0.5, 0.6) is 0 Å². The number of hydrogen-bond acceptors (Lipinski definition) is 4. The second-order valence-corrected chi connectivity index (χ2v) is 6.86. The van der Waals surface area contributed by atoms with Gasteiger partial charge in [0.1, 0.15) is 0 Å². The molecule has 0 atom stereocenters. The van der Waals surface area contributed by atoms with Crippen LogP contribution in [0, 0.1) is 6.92 Å². The topological polar surface area (TPSA) is 55.4 Å². The minimum absolute atomic E-state index is 0.132. The summed E-state index contributed by atoms with van der Waals surface area (Å²) in [6.07, 6.45) is 0.637. The van der Waals surface area contributed by atoms with Crippen molar-refractivity contribution in [3.8, 4) is 0 Å². The van der Waals surface area contributed by atoms with Crippen LogP contribution in [0.2, 0.25) is 0 Å². The third-order valence-corrected chi connectivity index (χ3v) is 4.44. The predicted molar refractivity (Wildman–Crippen MR) is 78.0 cm³/mol. The van der Waals surface area contributed by atoms with E-state index < -0.39 is 9.84 Å². The van der Waals surface area contributed by atoms with Gasteiger partial charge < -0.3 is 10.1 Å². The van der Waals surface area contributed by atoms with Gasteiger partial charge in [-0.1, -0.05) is 29.8 Å². The number of hydrogen-bond donors (Lipinski definition) is 1. The first-order chi connectivity index (χ1) is 9.03. The fourth-order valence-corrected chi connectivity index (χ4v) is 3.26. The molecule has 0 saturated heterocycles. The average Bonchev–Trinajstić information content (AvgIpc) is 2.33. The summed E-state index contributed by atoms with van der Waals surface area (Å²) < 4.78 is 28.8. The SMILES string of the molecule is COCCNCCCS(=O)(=O)Cc1cccc(C)c1. The first-order valence-electron chi connectivity index (χ1n) is 6.49. The minimum atomic E-state index is -3.02. The Balaban J connectivity index is 2.32. The van der Waals surface area contributed by atoms with E-state index in [2.05, 4.69) is 5.32 Å². The van der Waals surface area contributed by atoms with Gasteiger partial charge in [0.15, 0.2) is 9.84 Å². The maximum Gasteiger partial charge on any atom is 0.154 e. The molecule has 1 aromatic rings. The number of nitrogens with one attached hydrogen (secondary N) is 1. The van der Waals surface area contributed by atoms with Crippen molar-refractivity contribution in [2.24, 2.45) is 0 Å². The maximum absolute atomic E-state index is 11.9. The largest absolute Gasteiger partial charge is 0.383 e. The Bertz CT molecular complexity index is 471. The Labute approximate surface area is 116 Å². The highest BCUT2D eigenvalue weighted by Crippen LogP contribution is 2.09. The van der Waals surface area contributed by atoms with Crippen molar-refractivity contribution in [2.75, 3.05) is 32.6 Å². The van der Waals surface area contributed by atoms with E-state index in [1.165, 1.54) is 0 Å². The molecular formula is C14H23NO3S. The summed E-state index contributed by atoms with van der Waals surface area (Å²) in [4.78, 5) is 0. The Kier molecular flexibility index (Phi) is 7.05. The Morgan fingerprint density at radius 1 is 1.26 bits per heavy atom. The summed E-state index contributed by atoms with van der Waals surface area (Å²) in [6, 6.07) is 7.65. The summed E-state index contributed by atoms with van der Waals surface area (Å²) in [6.45, 7) is 4.08. The van der Waals surface area contributed by atoms with Crippen molar-refractivity contribution in [2.45, 2.75) is 19.1 Å². The molecule has 0 aliphatic carbocycles. The molecule has 1 N–H and O–H groups in total. The second kappa shape index (κ2) is 8.30. The van der Waals surface area contributed by atoms with E-state index in [1.807, 2.05) is 31.2 Å². The molecule has 0 unspecified atom stereocenters. The lowest BCUT2D eigenvalue weighted by molar-refractivity contribution is 0.199. The van der Waals surface area contributed by atoms with E-state index in [1.54, 1.807) is 7.11 Å². The molecule has 0 aliphatic heterocycles. The van der Waals surface area contributed by atoms with Gasteiger partial charge in [0, 0.05) is 13.7 Å². The van der Waals surface area contributed by atoms with E-state index >= 15 is 0 Å². The summed E-state index contributed by atoms with van der Waals surface area (Å²) in [5.74, 6) is 0.355. The average molecular weight is 285 g/mol. The van der Waals surface area contributed by atoms with Gasteiger partial charge in [0.05, 0.1) is 18.1 Å². The lowest BCUT2D eigenvalue weighted by Crippen LogP contribution is -2.22. The zero-order valence-electron chi connectivity index (χ0n) is 11.7. The summed E-state index contributed by atoms with van der Waals surface area (Å²) in [7, 11) is -1.37. The minimum Gasteiger partial charge on any atom is -0.383 e. The summed E-state index contributed by atoms with van der Waals surface area (Å²) in [5.41, 5.74) is 1.96. The molecule has 0 saturated carbocycles. The molecule has 108 valence electrons. The first-order valence-corrected chi connectivity index (χ1v) is 8.31. The molecule has 4 nitrogen and oxygen atoms in total. The van der Waals surface area contributed by atoms with E-state index in [-0.39, 0.29) is 11.5 Å². The number of benzene rings is 1. The molecule has 0 fully saturated rings. The van der Waals surface area contributed by atoms with Crippen molar-refractivity contribution in [1.29, 1.82) is 0 Å². The number of rotatable bonds is 9. The van der Waals surface area contributed by atoms with Gasteiger partial charge in [-0.15, -0.1) is 0 Å². The van der Waals surface area contributed by atoms with Crippen LogP contribution in [0.1, 0.15) is 17.5 Å². The third kappa shape index (κ3) is 7.30. The van der Waals surface area contributed by atoms with E-state index in [4.69, 9.17) is 4.74 Å². The molecule has 0 radical (unpaired) electrons. The van der Waals surface area contributed by atoms with Gasteiger partial charge >= 0.3 is 0 Å². The van der Waals surface area contributed by atoms with Gasteiger partial charge in [-0.25, -0.2) is 8.42 Å². The zero-order valence-corrected chi connectivity index (χ0v) is 12.5. The van der Waals surface area contributed by atoms with Gasteiger partial charge in [-0.3, -0.25) is 0 Å². The molecule has 19 heavy (non-hydrogen) atoms. The number of aryl methyl sites for hydroxylation is 1. The summed E-state index contributed by atoms with van der Waals surface area (Å²) in [5, 5.41) is 3.14. The molecule has 1 rings (SSSR count). The van der Waals surface area contributed by atoms with Crippen molar-refractivity contribution in [3.63, 3.8) is 0 Å². The first kappa shape index (κ1) is 16.1. The normalized spacial score (nSPS) is 11.7. The van der Waals surface area contributed by atoms with Crippen molar-refractivity contribution in [1.82, 2.24) is 5.32 Å². The number of sulfone groups is 1. The van der Waals surface area contributed by atoms with E-state index in [0.29, 0.717) is 19.6 Å². The lowest BCUT2D eigenvalue weighted by Gasteiger charge is -2.06. The highest BCUT2D eigenvalue weighted by molar-refractivity contribution is 7.90. The molecule has 0 amide bonds. The van der Waals surface area contributed by atoms with Gasteiger partial charge in [0.2, 0.25) is 0 Å². The highest BCUT2D eigenvalue weighted by Gasteiger charge is 2.11. The third-order valence-electron chi connectivity index (χ3n) is 2.76. The monoisotopic (exact) mass is 285 g/mol. The Morgan fingerprint density at radius 2 is 2.05 bits per heavy atom. The van der Waals surface area contributed by atoms with Crippen molar-refractivity contribution in [3.05, 3.63) is 35.4 Å². The van der Waals surface area contributed by atoms with Crippen molar-refractivity contribution < 1.29 is 13.2 Å². The number of methoxy groups -OCH3 is 1. The molecule has 0 aromatic heterocycles. The van der Waals surface area contributed by atoms with Crippen molar-refractivity contribution >= 4 is 9.84 Å². The number of ether oxygens (including phenoxy) is 1. The highest BCUT2D eigenvalue weighted by atomic mass is 32.2.